The molecule has 0 fully saturated rings. The molecule has 0 saturated carbocycles. The molecule has 1 aromatic rings. The van der Waals surface area contributed by atoms with Gasteiger partial charge < -0.3 is 0 Å². The van der Waals surface area contributed by atoms with Crippen LogP contribution in [0.2, 0.25) is 0 Å². The fourth-order valence-electron chi connectivity index (χ4n) is 2.59. The van der Waals surface area contributed by atoms with Crippen molar-refractivity contribution in [2.45, 2.75) is 53.6 Å². The van der Waals surface area contributed by atoms with Crippen molar-refractivity contribution >= 4 is 33.6 Å². The van der Waals surface area contributed by atoms with Crippen LogP contribution in [-0.2, 0) is 0 Å². The molecular formula is C19H27N3S2. The van der Waals surface area contributed by atoms with Crippen molar-refractivity contribution in [2.24, 2.45) is 20.8 Å². The van der Waals surface area contributed by atoms with Crippen LogP contribution in [0.15, 0.2) is 28.2 Å². The number of hydrogen-bond donors (Lipinski definition) is 0. The van der Waals surface area contributed by atoms with E-state index in [0.29, 0.717) is 12.1 Å². The molecule has 0 radical (unpaired) electrons. The number of nitrogens with zero attached hydrogens (tertiary/aromatic N) is 3. The maximum Gasteiger partial charge on any atom is 0.117 e. The average molecular weight is 362 g/mol. The molecule has 3 heterocycles. The summed E-state index contributed by atoms with van der Waals surface area (Å²) in [7, 11) is 0. The van der Waals surface area contributed by atoms with Crippen molar-refractivity contribution in [3.8, 4) is 0 Å². The topological polar surface area (TPSA) is 37.6 Å². The molecule has 1 aromatic heterocycles. The minimum Gasteiger partial charge on any atom is -0.271 e. The third kappa shape index (κ3) is 3.88. The number of rotatable bonds is 2. The smallest absolute Gasteiger partial charge is 0.117 e. The van der Waals surface area contributed by atoms with Crippen LogP contribution in [0.25, 0.3) is 0 Å². The Morgan fingerprint density at radius 1 is 0.792 bits per heavy atom. The van der Waals surface area contributed by atoms with Crippen LogP contribution in [-0.4, -0.2) is 38.7 Å². The van der Waals surface area contributed by atoms with Crippen molar-refractivity contribution in [3.05, 3.63) is 29.6 Å². The van der Waals surface area contributed by atoms with Crippen LogP contribution in [0, 0.1) is 10.8 Å². The molecule has 0 aromatic carbocycles. The highest BCUT2D eigenvalue weighted by atomic mass is 32.2. The Kier molecular flexibility index (Phi) is 4.86. The predicted octanol–water partition coefficient (Wildman–Crippen LogP) is 4.90. The van der Waals surface area contributed by atoms with Crippen molar-refractivity contribution < 1.29 is 0 Å². The summed E-state index contributed by atoms with van der Waals surface area (Å²) in [6.07, 6.45) is 0. The Bertz CT molecular complexity index is 625. The van der Waals surface area contributed by atoms with Crippen LogP contribution in [0.5, 0.6) is 0 Å². The van der Waals surface area contributed by atoms with E-state index in [1.165, 1.54) is 0 Å². The van der Waals surface area contributed by atoms with E-state index < -0.39 is 0 Å². The number of thioether (sulfide) groups is 2. The minimum atomic E-state index is 0.206. The Balaban J connectivity index is 1.84. The molecule has 0 amide bonds. The summed E-state index contributed by atoms with van der Waals surface area (Å²) in [5.41, 5.74) is 2.40. The Morgan fingerprint density at radius 3 is 1.54 bits per heavy atom. The maximum atomic E-state index is 4.92. The second-order valence-electron chi connectivity index (χ2n) is 8.66. The SMILES string of the molecule is CC(C)(C)C1CSC(c2cccc(C3=NC(C(C)(C)C)CS3)n2)=N1. The summed E-state index contributed by atoms with van der Waals surface area (Å²) in [6, 6.07) is 6.96. The van der Waals surface area contributed by atoms with Crippen molar-refractivity contribution in [1.82, 2.24) is 4.98 Å². The molecule has 0 N–H and O–H groups in total. The third-order valence-corrected chi connectivity index (χ3v) is 6.63. The molecule has 24 heavy (non-hydrogen) atoms. The lowest BCUT2D eigenvalue weighted by Crippen LogP contribution is -2.24. The van der Waals surface area contributed by atoms with Gasteiger partial charge in [-0.25, -0.2) is 4.98 Å². The first-order chi connectivity index (χ1) is 11.1. The zero-order valence-corrected chi connectivity index (χ0v) is 17.1. The van der Waals surface area contributed by atoms with Gasteiger partial charge in [-0.15, -0.1) is 23.5 Å². The Morgan fingerprint density at radius 2 is 1.21 bits per heavy atom. The van der Waals surface area contributed by atoms with Gasteiger partial charge in [0.2, 0.25) is 0 Å². The molecule has 3 nitrogen and oxygen atoms in total. The Hall–Kier alpha value is -0.810. The summed E-state index contributed by atoms with van der Waals surface area (Å²) in [6.45, 7) is 13.5. The lowest BCUT2D eigenvalue weighted by atomic mass is 9.88. The first kappa shape index (κ1) is 18.0. The van der Waals surface area contributed by atoms with E-state index in [-0.39, 0.29) is 10.8 Å². The molecule has 2 aliphatic heterocycles. The van der Waals surface area contributed by atoms with E-state index in [4.69, 9.17) is 15.0 Å². The molecule has 3 rings (SSSR count). The lowest BCUT2D eigenvalue weighted by molar-refractivity contribution is 0.349. The molecule has 2 aliphatic rings. The fraction of sp³-hybridized carbons (Fsp3) is 0.632. The van der Waals surface area contributed by atoms with Gasteiger partial charge in [-0.3, -0.25) is 9.98 Å². The quantitative estimate of drug-likeness (QED) is 0.752. The van der Waals surface area contributed by atoms with Gasteiger partial charge in [-0.05, 0) is 23.0 Å². The summed E-state index contributed by atoms with van der Waals surface area (Å²) in [5, 5.41) is 2.15. The van der Waals surface area contributed by atoms with Gasteiger partial charge in [0, 0.05) is 11.5 Å². The Labute approximate surface area is 154 Å². The summed E-state index contributed by atoms with van der Waals surface area (Å²) < 4.78 is 0. The maximum absolute atomic E-state index is 4.92. The molecule has 0 bridgehead atoms. The van der Waals surface area contributed by atoms with Gasteiger partial charge >= 0.3 is 0 Å². The second-order valence-corrected chi connectivity index (χ2v) is 10.7. The summed E-state index contributed by atoms with van der Waals surface area (Å²) in [5.74, 6) is 2.10. The van der Waals surface area contributed by atoms with Crippen LogP contribution in [0.4, 0.5) is 0 Å². The van der Waals surface area contributed by atoms with Crippen molar-refractivity contribution in [2.75, 3.05) is 11.5 Å². The monoisotopic (exact) mass is 361 g/mol. The summed E-state index contributed by atoms with van der Waals surface area (Å²) in [4.78, 5) is 14.7. The standard InChI is InChI=1S/C19H27N3S2/c1-18(2,3)14-10-23-16(21-14)12-8-7-9-13(20-12)17-22-15(11-24-17)19(4,5)6/h7-9,14-15H,10-11H2,1-6H3. The van der Waals surface area contributed by atoms with Crippen LogP contribution in [0.1, 0.15) is 52.9 Å². The average Bonchev–Trinajstić information content (AvgIpc) is 3.16. The molecule has 130 valence electrons. The zero-order valence-electron chi connectivity index (χ0n) is 15.5. The van der Waals surface area contributed by atoms with E-state index in [1.807, 2.05) is 23.5 Å². The van der Waals surface area contributed by atoms with Crippen molar-refractivity contribution in [1.29, 1.82) is 0 Å². The highest BCUT2D eigenvalue weighted by Gasteiger charge is 2.32. The van der Waals surface area contributed by atoms with E-state index in [9.17, 15) is 0 Å². The van der Waals surface area contributed by atoms with Gasteiger partial charge in [0.25, 0.3) is 0 Å². The van der Waals surface area contributed by atoms with Crippen molar-refractivity contribution in [3.63, 3.8) is 0 Å². The molecular weight excluding hydrogens is 334 g/mol. The van der Waals surface area contributed by atoms with Gasteiger partial charge in [-0.1, -0.05) is 47.6 Å². The zero-order chi connectivity index (χ0) is 17.5. The van der Waals surface area contributed by atoms with E-state index >= 15 is 0 Å². The van der Waals surface area contributed by atoms with E-state index in [0.717, 1.165) is 33.0 Å². The predicted molar refractivity (Wildman–Crippen MR) is 109 cm³/mol. The third-order valence-electron chi connectivity index (χ3n) is 4.49. The molecule has 2 atom stereocenters. The normalized spacial score (nSPS) is 24.9. The van der Waals surface area contributed by atoms with Gasteiger partial charge in [-0.2, -0.15) is 0 Å². The van der Waals surface area contributed by atoms with Gasteiger partial charge in [0.1, 0.15) is 10.1 Å². The first-order valence-electron chi connectivity index (χ1n) is 8.53. The fourth-order valence-corrected chi connectivity index (χ4v) is 5.30. The molecule has 0 aliphatic carbocycles. The van der Waals surface area contributed by atoms with E-state index in [2.05, 4.69) is 59.7 Å². The highest BCUT2D eigenvalue weighted by molar-refractivity contribution is 8.15. The second kappa shape index (κ2) is 6.49. The van der Waals surface area contributed by atoms with Crippen LogP contribution < -0.4 is 0 Å². The lowest BCUT2D eigenvalue weighted by Gasteiger charge is -2.23. The number of hydrogen-bond acceptors (Lipinski definition) is 5. The minimum absolute atomic E-state index is 0.206. The largest absolute Gasteiger partial charge is 0.271 e. The molecule has 5 heteroatoms. The number of aliphatic imine (C=N–C) groups is 2. The van der Waals surface area contributed by atoms with Gasteiger partial charge in [0.15, 0.2) is 0 Å². The van der Waals surface area contributed by atoms with Crippen LogP contribution in [0.3, 0.4) is 0 Å². The summed E-state index contributed by atoms with van der Waals surface area (Å²) >= 11 is 3.65. The van der Waals surface area contributed by atoms with E-state index in [1.54, 1.807) is 0 Å². The molecule has 0 saturated heterocycles. The molecule has 0 spiro atoms. The highest BCUT2D eigenvalue weighted by Crippen LogP contribution is 2.35. The van der Waals surface area contributed by atoms with Crippen LogP contribution >= 0.6 is 23.5 Å². The number of aromatic nitrogens is 1. The first-order valence-corrected chi connectivity index (χ1v) is 10.5. The van der Waals surface area contributed by atoms with Gasteiger partial charge in [0.05, 0.1) is 23.5 Å². The number of pyridine rings is 1. The molecule has 2 unspecified atom stereocenters.